The monoisotopic (exact) mass is 341 g/mol. The van der Waals surface area contributed by atoms with Crippen molar-refractivity contribution < 1.29 is 4.79 Å². The molecule has 0 saturated heterocycles. The zero-order valence-corrected chi connectivity index (χ0v) is 15.0. The number of rotatable bonds is 10. The number of nitrogens with two attached hydrogens (primary N) is 1. The first-order valence-corrected chi connectivity index (χ1v) is 8.82. The molecule has 0 saturated carbocycles. The summed E-state index contributed by atoms with van der Waals surface area (Å²) in [5.41, 5.74) is 8.08. The number of carbonyl (C=O) groups is 1. The van der Waals surface area contributed by atoms with Gasteiger partial charge in [0.05, 0.1) is 23.3 Å². The predicted octanol–water partition coefficient (Wildman–Crippen LogP) is 2.78. The van der Waals surface area contributed by atoms with Crippen molar-refractivity contribution >= 4 is 11.6 Å². The molecule has 6 nitrogen and oxygen atoms in total. The molecular formula is C19H27N5O. The smallest absolute Gasteiger partial charge is 0.248 e. The molecule has 0 radical (unpaired) electrons. The van der Waals surface area contributed by atoms with Gasteiger partial charge >= 0.3 is 0 Å². The van der Waals surface area contributed by atoms with E-state index in [0.717, 1.165) is 44.0 Å². The molecule has 25 heavy (non-hydrogen) atoms. The van der Waals surface area contributed by atoms with E-state index >= 15 is 0 Å². The summed E-state index contributed by atoms with van der Waals surface area (Å²) in [6, 6.07) is 7.13. The summed E-state index contributed by atoms with van der Waals surface area (Å²) < 4.78 is 0. The molecule has 134 valence electrons. The molecule has 0 aliphatic heterocycles. The Morgan fingerprint density at radius 3 is 2.56 bits per heavy atom. The van der Waals surface area contributed by atoms with Gasteiger partial charge in [-0.3, -0.25) is 14.8 Å². The van der Waals surface area contributed by atoms with Crippen molar-refractivity contribution in [3.05, 3.63) is 42.2 Å². The first-order valence-electron chi connectivity index (χ1n) is 8.82. The second-order valence-corrected chi connectivity index (χ2v) is 5.89. The van der Waals surface area contributed by atoms with Crippen molar-refractivity contribution in [3.63, 3.8) is 0 Å². The third kappa shape index (κ3) is 5.83. The minimum absolute atomic E-state index is 0.433. The van der Waals surface area contributed by atoms with Crippen LogP contribution in [-0.4, -0.2) is 47.0 Å². The minimum atomic E-state index is -0.466. The van der Waals surface area contributed by atoms with Crippen molar-refractivity contribution in [2.24, 2.45) is 5.73 Å². The highest BCUT2D eigenvalue weighted by Crippen LogP contribution is 2.17. The predicted molar refractivity (Wildman–Crippen MR) is 101 cm³/mol. The first kappa shape index (κ1) is 18.9. The van der Waals surface area contributed by atoms with Gasteiger partial charge in [-0.25, -0.2) is 0 Å². The van der Waals surface area contributed by atoms with E-state index in [9.17, 15) is 4.79 Å². The Kier molecular flexibility index (Phi) is 7.35. The molecule has 2 rings (SSSR count). The van der Waals surface area contributed by atoms with Gasteiger partial charge in [0.25, 0.3) is 0 Å². The van der Waals surface area contributed by atoms with E-state index in [4.69, 9.17) is 5.73 Å². The molecule has 0 unspecified atom stereocenters. The van der Waals surface area contributed by atoms with E-state index in [2.05, 4.69) is 34.0 Å². The highest BCUT2D eigenvalue weighted by Gasteiger charge is 2.06. The molecule has 0 bridgehead atoms. The highest BCUT2D eigenvalue weighted by molar-refractivity contribution is 5.93. The SMILES string of the molecule is CCN(CC)CCCCNc1ccc(-c2cc(C(N)=O)ccn2)nc1. The molecule has 0 atom stereocenters. The molecule has 2 heterocycles. The maximum absolute atomic E-state index is 11.3. The van der Waals surface area contributed by atoms with E-state index in [0.29, 0.717) is 11.3 Å². The van der Waals surface area contributed by atoms with E-state index in [1.807, 2.05) is 12.1 Å². The van der Waals surface area contributed by atoms with Crippen LogP contribution in [0.1, 0.15) is 37.0 Å². The molecule has 0 aliphatic carbocycles. The molecule has 0 aliphatic rings. The minimum Gasteiger partial charge on any atom is -0.384 e. The highest BCUT2D eigenvalue weighted by atomic mass is 16.1. The Morgan fingerprint density at radius 2 is 1.92 bits per heavy atom. The average Bonchev–Trinajstić information content (AvgIpc) is 2.65. The van der Waals surface area contributed by atoms with Gasteiger partial charge < -0.3 is 16.0 Å². The van der Waals surface area contributed by atoms with Crippen LogP contribution in [0.3, 0.4) is 0 Å². The van der Waals surface area contributed by atoms with Crippen molar-refractivity contribution in [2.75, 3.05) is 31.5 Å². The van der Waals surface area contributed by atoms with Gasteiger partial charge in [-0.1, -0.05) is 13.8 Å². The number of pyridine rings is 2. The molecule has 2 aromatic rings. The number of aromatic nitrogens is 2. The van der Waals surface area contributed by atoms with Gasteiger partial charge in [-0.15, -0.1) is 0 Å². The van der Waals surface area contributed by atoms with Crippen LogP contribution >= 0.6 is 0 Å². The van der Waals surface area contributed by atoms with Gasteiger partial charge in [0.15, 0.2) is 0 Å². The van der Waals surface area contributed by atoms with Gasteiger partial charge in [0.2, 0.25) is 5.91 Å². The number of carbonyl (C=O) groups excluding carboxylic acids is 1. The van der Waals surface area contributed by atoms with Crippen molar-refractivity contribution in [1.82, 2.24) is 14.9 Å². The fourth-order valence-electron chi connectivity index (χ4n) is 2.61. The summed E-state index contributed by atoms with van der Waals surface area (Å²) in [7, 11) is 0. The third-order valence-electron chi connectivity index (χ3n) is 4.20. The quantitative estimate of drug-likeness (QED) is 0.649. The summed E-state index contributed by atoms with van der Waals surface area (Å²) in [4.78, 5) is 22.3. The fourth-order valence-corrected chi connectivity index (χ4v) is 2.61. The van der Waals surface area contributed by atoms with Gasteiger partial charge in [-0.05, 0) is 56.7 Å². The molecule has 6 heteroatoms. The molecule has 0 fully saturated rings. The van der Waals surface area contributed by atoms with Gasteiger partial charge in [0, 0.05) is 18.3 Å². The Balaban J connectivity index is 1.84. The lowest BCUT2D eigenvalue weighted by Crippen LogP contribution is -2.24. The van der Waals surface area contributed by atoms with Crippen LogP contribution in [0, 0.1) is 0 Å². The number of anilines is 1. The van der Waals surface area contributed by atoms with Crippen molar-refractivity contribution in [2.45, 2.75) is 26.7 Å². The van der Waals surface area contributed by atoms with Crippen LogP contribution < -0.4 is 11.1 Å². The zero-order valence-electron chi connectivity index (χ0n) is 15.0. The molecule has 2 aromatic heterocycles. The Labute approximate surface area is 149 Å². The van der Waals surface area contributed by atoms with Crippen LogP contribution in [-0.2, 0) is 0 Å². The topological polar surface area (TPSA) is 84.1 Å². The van der Waals surface area contributed by atoms with Crippen LogP contribution in [0.5, 0.6) is 0 Å². The van der Waals surface area contributed by atoms with E-state index < -0.39 is 5.91 Å². The van der Waals surface area contributed by atoms with Crippen molar-refractivity contribution in [3.8, 4) is 11.4 Å². The van der Waals surface area contributed by atoms with Gasteiger partial charge in [0.1, 0.15) is 0 Å². The van der Waals surface area contributed by atoms with Crippen LogP contribution in [0.2, 0.25) is 0 Å². The Morgan fingerprint density at radius 1 is 1.12 bits per heavy atom. The molecule has 0 spiro atoms. The van der Waals surface area contributed by atoms with Crippen molar-refractivity contribution in [1.29, 1.82) is 0 Å². The Bertz CT molecular complexity index is 668. The second-order valence-electron chi connectivity index (χ2n) is 5.89. The van der Waals surface area contributed by atoms with Crippen LogP contribution in [0.25, 0.3) is 11.4 Å². The maximum atomic E-state index is 11.3. The zero-order chi connectivity index (χ0) is 18.1. The van der Waals surface area contributed by atoms with Crippen LogP contribution in [0.15, 0.2) is 36.7 Å². The van der Waals surface area contributed by atoms with E-state index in [1.54, 1.807) is 24.5 Å². The Hall–Kier alpha value is -2.47. The summed E-state index contributed by atoms with van der Waals surface area (Å²) in [6.07, 6.45) is 5.67. The molecule has 1 amide bonds. The average molecular weight is 341 g/mol. The summed E-state index contributed by atoms with van der Waals surface area (Å²) >= 11 is 0. The standard InChI is InChI=1S/C19H27N5O/c1-3-24(4-2)12-6-5-10-21-16-7-8-17(23-14-16)18-13-15(19(20)25)9-11-22-18/h7-9,11,13-14,21H,3-6,10,12H2,1-2H3,(H2,20,25). The summed E-state index contributed by atoms with van der Waals surface area (Å²) in [5.74, 6) is -0.466. The third-order valence-corrected chi connectivity index (χ3v) is 4.20. The number of primary amides is 1. The summed E-state index contributed by atoms with van der Waals surface area (Å²) in [5, 5.41) is 3.39. The molecule has 0 aromatic carbocycles. The second kappa shape index (κ2) is 9.74. The van der Waals surface area contributed by atoms with E-state index in [-0.39, 0.29) is 0 Å². The van der Waals surface area contributed by atoms with Gasteiger partial charge in [-0.2, -0.15) is 0 Å². The van der Waals surface area contributed by atoms with Crippen LogP contribution in [0.4, 0.5) is 5.69 Å². The molecular weight excluding hydrogens is 314 g/mol. The van der Waals surface area contributed by atoms with E-state index in [1.165, 1.54) is 6.42 Å². The first-order chi connectivity index (χ1) is 12.1. The summed E-state index contributed by atoms with van der Waals surface area (Å²) in [6.45, 7) is 8.69. The number of hydrogen-bond acceptors (Lipinski definition) is 5. The number of unbranched alkanes of at least 4 members (excludes halogenated alkanes) is 1. The number of amides is 1. The fraction of sp³-hybridized carbons (Fsp3) is 0.421. The maximum Gasteiger partial charge on any atom is 0.248 e. The lowest BCUT2D eigenvalue weighted by atomic mass is 10.1. The number of hydrogen-bond donors (Lipinski definition) is 2. The largest absolute Gasteiger partial charge is 0.384 e. The molecule has 3 N–H and O–H groups in total. The number of nitrogens with zero attached hydrogens (tertiary/aromatic N) is 3. The number of nitrogens with one attached hydrogen (secondary N) is 1. The lowest BCUT2D eigenvalue weighted by molar-refractivity contribution is 0.1000. The lowest BCUT2D eigenvalue weighted by Gasteiger charge is -2.17. The normalized spacial score (nSPS) is 10.8.